The monoisotopic (exact) mass is 290 g/mol. The Morgan fingerprint density at radius 3 is 2.41 bits per heavy atom. The first kappa shape index (κ1) is 12.6. The summed E-state index contributed by atoms with van der Waals surface area (Å²) in [6.07, 6.45) is 7.04. The molecule has 22 heavy (non-hydrogen) atoms. The van der Waals surface area contributed by atoms with Crippen LogP contribution in [0.2, 0.25) is 0 Å². The fraction of sp³-hybridized carbons (Fsp3) is 0. The van der Waals surface area contributed by atoms with Gasteiger partial charge in [0, 0.05) is 30.4 Å². The molecule has 0 spiro atoms. The maximum absolute atomic E-state index is 13.2. The molecule has 5 heteroatoms. The predicted molar refractivity (Wildman–Crippen MR) is 81.6 cm³/mol. The standard InChI is InChI=1S/C17H11FN4/c18-14-4-2-13(3-5-14)16-15(12-6-9-19-10-7-12)17-20-8-1-11-22(17)21-16/h1-11H. The number of aromatic nitrogens is 4. The number of hydrogen-bond donors (Lipinski definition) is 0. The highest BCUT2D eigenvalue weighted by Gasteiger charge is 2.17. The number of pyridine rings is 1. The Morgan fingerprint density at radius 2 is 1.64 bits per heavy atom. The molecule has 4 nitrogen and oxygen atoms in total. The molecule has 0 fully saturated rings. The molecule has 0 aliphatic heterocycles. The van der Waals surface area contributed by atoms with Crippen molar-refractivity contribution in [2.24, 2.45) is 0 Å². The number of nitrogens with zero attached hydrogens (tertiary/aromatic N) is 4. The molecule has 0 unspecified atom stereocenters. The lowest BCUT2D eigenvalue weighted by molar-refractivity contribution is 0.628. The van der Waals surface area contributed by atoms with Crippen molar-refractivity contribution in [1.82, 2.24) is 19.6 Å². The number of halogens is 1. The van der Waals surface area contributed by atoms with Crippen LogP contribution in [0, 0.1) is 5.82 Å². The van der Waals surface area contributed by atoms with Crippen molar-refractivity contribution >= 4 is 5.65 Å². The van der Waals surface area contributed by atoms with Crippen LogP contribution in [0.5, 0.6) is 0 Å². The zero-order valence-electron chi connectivity index (χ0n) is 11.5. The molecular formula is C17H11FN4. The maximum atomic E-state index is 13.2. The highest BCUT2D eigenvalue weighted by atomic mass is 19.1. The van der Waals surface area contributed by atoms with Gasteiger partial charge in [-0.05, 0) is 48.0 Å². The summed E-state index contributed by atoms with van der Waals surface area (Å²) >= 11 is 0. The van der Waals surface area contributed by atoms with Crippen LogP contribution in [0.4, 0.5) is 4.39 Å². The Hall–Kier alpha value is -3.08. The van der Waals surface area contributed by atoms with Gasteiger partial charge >= 0.3 is 0 Å². The van der Waals surface area contributed by atoms with Crippen LogP contribution >= 0.6 is 0 Å². The van der Waals surface area contributed by atoms with Crippen molar-refractivity contribution in [3.05, 3.63) is 73.1 Å². The molecule has 4 rings (SSSR count). The molecule has 0 bridgehead atoms. The lowest BCUT2D eigenvalue weighted by Crippen LogP contribution is -1.87. The Labute approximate surface area is 125 Å². The highest BCUT2D eigenvalue weighted by Crippen LogP contribution is 2.33. The van der Waals surface area contributed by atoms with E-state index in [1.165, 1.54) is 12.1 Å². The van der Waals surface area contributed by atoms with E-state index in [2.05, 4.69) is 15.1 Å². The second-order valence-corrected chi connectivity index (χ2v) is 4.85. The SMILES string of the molecule is Fc1ccc(-c2nn3cccnc3c2-c2ccncc2)cc1. The lowest BCUT2D eigenvalue weighted by atomic mass is 10.0. The molecule has 3 aromatic heterocycles. The van der Waals surface area contributed by atoms with Gasteiger partial charge in [0.05, 0.1) is 5.56 Å². The molecule has 0 radical (unpaired) electrons. The van der Waals surface area contributed by atoms with Crippen LogP contribution in [-0.2, 0) is 0 Å². The van der Waals surface area contributed by atoms with E-state index in [9.17, 15) is 4.39 Å². The second kappa shape index (κ2) is 5.04. The zero-order chi connectivity index (χ0) is 14.9. The summed E-state index contributed by atoms with van der Waals surface area (Å²) in [6.45, 7) is 0. The minimum absolute atomic E-state index is 0.267. The van der Waals surface area contributed by atoms with Crippen LogP contribution in [0.1, 0.15) is 0 Å². The van der Waals surface area contributed by atoms with Crippen molar-refractivity contribution in [2.45, 2.75) is 0 Å². The summed E-state index contributed by atoms with van der Waals surface area (Å²) < 4.78 is 14.9. The van der Waals surface area contributed by atoms with Gasteiger partial charge in [-0.1, -0.05) is 0 Å². The summed E-state index contributed by atoms with van der Waals surface area (Å²) in [5.74, 6) is -0.267. The second-order valence-electron chi connectivity index (χ2n) is 4.85. The number of fused-ring (bicyclic) bond motifs is 1. The molecule has 0 aliphatic rings. The summed E-state index contributed by atoms with van der Waals surface area (Å²) in [5.41, 5.74) is 4.26. The van der Waals surface area contributed by atoms with Gasteiger partial charge in [0.15, 0.2) is 5.65 Å². The summed E-state index contributed by atoms with van der Waals surface area (Å²) in [7, 11) is 0. The third-order valence-electron chi connectivity index (χ3n) is 3.48. The first-order valence-corrected chi connectivity index (χ1v) is 6.82. The molecule has 1 aromatic carbocycles. The minimum atomic E-state index is -0.267. The fourth-order valence-corrected chi connectivity index (χ4v) is 2.48. The lowest BCUT2D eigenvalue weighted by Gasteiger charge is -2.03. The van der Waals surface area contributed by atoms with E-state index in [1.54, 1.807) is 35.2 Å². The molecule has 0 atom stereocenters. The Morgan fingerprint density at radius 1 is 0.864 bits per heavy atom. The Balaban J connectivity index is 2.04. The van der Waals surface area contributed by atoms with Gasteiger partial charge in [0.1, 0.15) is 11.5 Å². The van der Waals surface area contributed by atoms with Crippen LogP contribution < -0.4 is 0 Å². The molecule has 4 aromatic rings. The summed E-state index contributed by atoms with van der Waals surface area (Å²) in [5, 5.41) is 4.60. The Bertz CT molecular complexity index is 930. The molecular weight excluding hydrogens is 279 g/mol. The molecule has 0 N–H and O–H groups in total. The van der Waals surface area contributed by atoms with Crippen molar-refractivity contribution < 1.29 is 4.39 Å². The van der Waals surface area contributed by atoms with E-state index in [0.717, 1.165) is 28.0 Å². The van der Waals surface area contributed by atoms with Crippen molar-refractivity contribution in [1.29, 1.82) is 0 Å². The largest absolute Gasteiger partial charge is 0.265 e. The van der Waals surface area contributed by atoms with Gasteiger partial charge in [-0.25, -0.2) is 13.9 Å². The van der Waals surface area contributed by atoms with Gasteiger partial charge in [0.2, 0.25) is 0 Å². The van der Waals surface area contributed by atoms with Crippen molar-refractivity contribution in [3.63, 3.8) is 0 Å². The fourth-order valence-electron chi connectivity index (χ4n) is 2.48. The average Bonchev–Trinajstić information content (AvgIpc) is 2.96. The van der Waals surface area contributed by atoms with Crippen molar-refractivity contribution in [3.8, 4) is 22.4 Å². The first-order chi connectivity index (χ1) is 10.8. The number of benzene rings is 1. The van der Waals surface area contributed by atoms with E-state index in [-0.39, 0.29) is 5.82 Å². The topological polar surface area (TPSA) is 43.1 Å². The summed E-state index contributed by atoms with van der Waals surface area (Å²) in [6, 6.07) is 12.0. The third-order valence-corrected chi connectivity index (χ3v) is 3.48. The van der Waals surface area contributed by atoms with Crippen LogP contribution in [-0.4, -0.2) is 19.6 Å². The summed E-state index contributed by atoms with van der Waals surface area (Å²) in [4.78, 5) is 8.48. The Kier molecular flexibility index (Phi) is 2.89. The van der Waals surface area contributed by atoms with E-state index in [0.29, 0.717) is 0 Å². The molecule has 0 amide bonds. The molecule has 0 saturated heterocycles. The first-order valence-electron chi connectivity index (χ1n) is 6.82. The van der Waals surface area contributed by atoms with E-state index < -0.39 is 0 Å². The average molecular weight is 290 g/mol. The van der Waals surface area contributed by atoms with E-state index in [4.69, 9.17) is 0 Å². The minimum Gasteiger partial charge on any atom is -0.265 e. The van der Waals surface area contributed by atoms with Crippen LogP contribution in [0.25, 0.3) is 28.0 Å². The van der Waals surface area contributed by atoms with Gasteiger partial charge < -0.3 is 0 Å². The number of hydrogen-bond acceptors (Lipinski definition) is 3. The quantitative estimate of drug-likeness (QED) is 0.566. The predicted octanol–water partition coefficient (Wildman–Crippen LogP) is 3.60. The van der Waals surface area contributed by atoms with Gasteiger partial charge in [-0.15, -0.1) is 0 Å². The van der Waals surface area contributed by atoms with E-state index >= 15 is 0 Å². The van der Waals surface area contributed by atoms with Crippen LogP contribution in [0.15, 0.2) is 67.3 Å². The molecule has 3 heterocycles. The zero-order valence-corrected chi connectivity index (χ0v) is 11.5. The highest BCUT2D eigenvalue weighted by molar-refractivity contribution is 5.90. The maximum Gasteiger partial charge on any atom is 0.163 e. The van der Waals surface area contributed by atoms with E-state index in [1.807, 2.05) is 24.4 Å². The normalized spacial score (nSPS) is 11.0. The smallest absolute Gasteiger partial charge is 0.163 e. The van der Waals surface area contributed by atoms with Crippen molar-refractivity contribution in [2.75, 3.05) is 0 Å². The molecule has 106 valence electrons. The van der Waals surface area contributed by atoms with Gasteiger partial charge in [-0.2, -0.15) is 5.10 Å². The molecule has 0 saturated carbocycles. The van der Waals surface area contributed by atoms with Gasteiger partial charge in [0.25, 0.3) is 0 Å². The number of rotatable bonds is 2. The van der Waals surface area contributed by atoms with Crippen LogP contribution in [0.3, 0.4) is 0 Å². The molecule has 0 aliphatic carbocycles. The van der Waals surface area contributed by atoms with Gasteiger partial charge in [-0.3, -0.25) is 4.98 Å². The third kappa shape index (κ3) is 2.03.